The van der Waals surface area contributed by atoms with E-state index in [2.05, 4.69) is 22.2 Å². The minimum atomic E-state index is -0.0914. The van der Waals surface area contributed by atoms with Gasteiger partial charge < -0.3 is 14.6 Å². The Balaban J connectivity index is 1.52. The highest BCUT2D eigenvalue weighted by molar-refractivity contribution is 5.90. The van der Waals surface area contributed by atoms with Crippen LogP contribution in [0.25, 0.3) is 0 Å². The van der Waals surface area contributed by atoms with Gasteiger partial charge in [-0.3, -0.25) is 0 Å². The third kappa shape index (κ3) is 3.25. The number of aryl methyl sites for hydroxylation is 2. The van der Waals surface area contributed by atoms with E-state index in [0.717, 1.165) is 67.4 Å². The standard InChI is InChI=1S/C19H24N4O2/c1-3-14-8-9-17(25-14)16-5-4-10-23(16)19(24)22-15-11-20-12(2)21-18(15)13-6-7-13/h8-9,11,13,16H,3-7,10H2,1-2H3,(H,22,24). The van der Waals surface area contributed by atoms with Crippen molar-refractivity contribution in [1.82, 2.24) is 14.9 Å². The van der Waals surface area contributed by atoms with E-state index in [-0.39, 0.29) is 12.1 Å². The second-order valence-corrected chi connectivity index (χ2v) is 6.93. The Kier molecular flexibility index (Phi) is 4.19. The number of carbonyl (C=O) groups excluding carboxylic acids is 1. The van der Waals surface area contributed by atoms with Crippen LogP contribution in [-0.4, -0.2) is 27.4 Å². The monoisotopic (exact) mass is 340 g/mol. The zero-order chi connectivity index (χ0) is 17.4. The first-order valence-electron chi connectivity index (χ1n) is 9.15. The van der Waals surface area contributed by atoms with Gasteiger partial charge >= 0.3 is 6.03 Å². The van der Waals surface area contributed by atoms with Gasteiger partial charge in [0.05, 0.1) is 23.6 Å². The van der Waals surface area contributed by atoms with Crippen LogP contribution in [0.4, 0.5) is 10.5 Å². The molecule has 2 aliphatic rings. The number of anilines is 1. The molecule has 0 spiro atoms. The first kappa shape index (κ1) is 16.1. The van der Waals surface area contributed by atoms with Crippen molar-refractivity contribution in [2.24, 2.45) is 0 Å². The Hall–Kier alpha value is -2.37. The van der Waals surface area contributed by atoms with Gasteiger partial charge in [0, 0.05) is 18.9 Å². The largest absolute Gasteiger partial charge is 0.464 e. The number of likely N-dealkylation sites (tertiary alicyclic amines) is 1. The molecule has 1 saturated heterocycles. The maximum Gasteiger partial charge on any atom is 0.322 e. The predicted octanol–water partition coefficient (Wildman–Crippen LogP) is 4.19. The van der Waals surface area contributed by atoms with Crippen LogP contribution in [0, 0.1) is 6.92 Å². The van der Waals surface area contributed by atoms with E-state index in [4.69, 9.17) is 4.42 Å². The van der Waals surface area contributed by atoms with Crippen LogP contribution >= 0.6 is 0 Å². The number of rotatable bonds is 4. The molecule has 25 heavy (non-hydrogen) atoms. The van der Waals surface area contributed by atoms with Gasteiger partial charge in [0.25, 0.3) is 0 Å². The Bertz CT molecular complexity index is 781. The summed E-state index contributed by atoms with van der Waals surface area (Å²) >= 11 is 0. The number of urea groups is 1. The molecule has 2 fully saturated rings. The molecule has 1 aliphatic heterocycles. The first-order chi connectivity index (χ1) is 12.2. The van der Waals surface area contributed by atoms with Gasteiger partial charge in [-0.2, -0.15) is 0 Å². The zero-order valence-corrected chi connectivity index (χ0v) is 14.8. The molecule has 1 N–H and O–H groups in total. The summed E-state index contributed by atoms with van der Waals surface area (Å²) in [4.78, 5) is 23.5. The molecule has 3 heterocycles. The number of amides is 2. The summed E-state index contributed by atoms with van der Waals surface area (Å²) in [6.07, 6.45) is 6.80. The molecule has 6 heteroatoms. The molecule has 1 aliphatic carbocycles. The van der Waals surface area contributed by atoms with Gasteiger partial charge in [-0.15, -0.1) is 0 Å². The second-order valence-electron chi connectivity index (χ2n) is 6.93. The van der Waals surface area contributed by atoms with Crippen LogP contribution < -0.4 is 5.32 Å². The maximum atomic E-state index is 12.9. The van der Waals surface area contributed by atoms with Gasteiger partial charge in [0.15, 0.2) is 0 Å². The van der Waals surface area contributed by atoms with Crippen LogP contribution in [0.5, 0.6) is 0 Å². The van der Waals surface area contributed by atoms with E-state index in [1.165, 1.54) is 0 Å². The molecular formula is C19H24N4O2. The molecule has 132 valence electrons. The minimum absolute atomic E-state index is 0.0102. The Morgan fingerprint density at radius 1 is 1.36 bits per heavy atom. The molecule has 0 radical (unpaired) electrons. The number of carbonyl (C=O) groups is 1. The van der Waals surface area contributed by atoms with E-state index < -0.39 is 0 Å². The molecule has 1 atom stereocenters. The molecule has 0 bridgehead atoms. The molecule has 2 aromatic rings. The van der Waals surface area contributed by atoms with Gasteiger partial charge in [-0.1, -0.05) is 6.92 Å². The van der Waals surface area contributed by atoms with Crippen molar-refractivity contribution < 1.29 is 9.21 Å². The van der Waals surface area contributed by atoms with Crippen molar-refractivity contribution in [2.75, 3.05) is 11.9 Å². The lowest BCUT2D eigenvalue weighted by atomic mass is 10.2. The molecule has 1 unspecified atom stereocenters. The average Bonchev–Trinajstić information content (AvgIpc) is 3.14. The van der Waals surface area contributed by atoms with E-state index in [1.54, 1.807) is 6.20 Å². The number of aromatic nitrogens is 2. The first-order valence-corrected chi connectivity index (χ1v) is 9.15. The van der Waals surface area contributed by atoms with Crippen molar-refractivity contribution >= 4 is 11.7 Å². The number of hydrogen-bond donors (Lipinski definition) is 1. The minimum Gasteiger partial charge on any atom is -0.464 e. The lowest BCUT2D eigenvalue weighted by Crippen LogP contribution is -2.34. The van der Waals surface area contributed by atoms with Crippen LogP contribution in [0.2, 0.25) is 0 Å². The molecule has 6 nitrogen and oxygen atoms in total. The van der Waals surface area contributed by atoms with Gasteiger partial charge in [0.2, 0.25) is 0 Å². The molecular weight excluding hydrogens is 316 g/mol. The zero-order valence-electron chi connectivity index (χ0n) is 14.8. The molecule has 0 aromatic carbocycles. The summed E-state index contributed by atoms with van der Waals surface area (Å²) in [6.45, 7) is 4.69. The fourth-order valence-electron chi connectivity index (χ4n) is 3.51. The summed E-state index contributed by atoms with van der Waals surface area (Å²) in [5.74, 6) is 3.06. The van der Waals surface area contributed by atoms with Crippen molar-refractivity contribution in [3.63, 3.8) is 0 Å². The van der Waals surface area contributed by atoms with Crippen molar-refractivity contribution in [2.45, 2.75) is 57.9 Å². The Morgan fingerprint density at radius 2 is 2.20 bits per heavy atom. The fraction of sp³-hybridized carbons (Fsp3) is 0.526. The van der Waals surface area contributed by atoms with Crippen LogP contribution in [0.1, 0.15) is 67.6 Å². The number of nitrogens with one attached hydrogen (secondary N) is 1. The third-order valence-electron chi connectivity index (χ3n) is 5.02. The van der Waals surface area contributed by atoms with Gasteiger partial charge in [0.1, 0.15) is 17.3 Å². The number of furan rings is 1. The van der Waals surface area contributed by atoms with E-state index in [0.29, 0.717) is 5.92 Å². The summed E-state index contributed by atoms with van der Waals surface area (Å²) in [5, 5.41) is 3.04. The SMILES string of the molecule is CCc1ccc(C2CCCN2C(=O)Nc2cnc(C)nc2C2CC2)o1. The van der Waals surface area contributed by atoms with Crippen LogP contribution in [-0.2, 0) is 6.42 Å². The van der Waals surface area contributed by atoms with E-state index in [1.807, 2.05) is 24.0 Å². The van der Waals surface area contributed by atoms with Crippen LogP contribution in [0.15, 0.2) is 22.7 Å². The average molecular weight is 340 g/mol. The lowest BCUT2D eigenvalue weighted by Gasteiger charge is -2.24. The van der Waals surface area contributed by atoms with Crippen molar-refractivity contribution in [3.8, 4) is 0 Å². The maximum absolute atomic E-state index is 12.9. The molecule has 2 amide bonds. The van der Waals surface area contributed by atoms with Crippen molar-refractivity contribution in [3.05, 3.63) is 41.4 Å². The van der Waals surface area contributed by atoms with E-state index in [9.17, 15) is 4.79 Å². The van der Waals surface area contributed by atoms with Gasteiger partial charge in [-0.05, 0) is 44.7 Å². The number of nitrogens with zero attached hydrogens (tertiary/aromatic N) is 3. The normalized spacial score (nSPS) is 20.1. The summed E-state index contributed by atoms with van der Waals surface area (Å²) < 4.78 is 5.89. The lowest BCUT2D eigenvalue weighted by molar-refractivity contribution is 0.199. The Morgan fingerprint density at radius 3 is 2.92 bits per heavy atom. The fourth-order valence-corrected chi connectivity index (χ4v) is 3.51. The molecule has 4 rings (SSSR count). The second kappa shape index (κ2) is 6.50. The van der Waals surface area contributed by atoms with E-state index >= 15 is 0 Å². The highest BCUT2D eigenvalue weighted by Crippen LogP contribution is 2.42. The highest BCUT2D eigenvalue weighted by Gasteiger charge is 2.34. The van der Waals surface area contributed by atoms with Gasteiger partial charge in [-0.25, -0.2) is 14.8 Å². The van der Waals surface area contributed by atoms with Crippen LogP contribution in [0.3, 0.4) is 0 Å². The summed E-state index contributed by atoms with van der Waals surface area (Å²) in [6, 6.07) is 3.92. The highest BCUT2D eigenvalue weighted by atomic mass is 16.3. The molecule has 1 saturated carbocycles. The Labute approximate surface area is 147 Å². The quantitative estimate of drug-likeness (QED) is 0.906. The number of hydrogen-bond acceptors (Lipinski definition) is 4. The summed E-state index contributed by atoms with van der Waals surface area (Å²) in [5.41, 5.74) is 1.72. The predicted molar refractivity (Wildman–Crippen MR) is 94.5 cm³/mol. The molecule has 2 aromatic heterocycles. The topological polar surface area (TPSA) is 71.3 Å². The van der Waals surface area contributed by atoms with Crippen molar-refractivity contribution in [1.29, 1.82) is 0 Å². The third-order valence-corrected chi connectivity index (χ3v) is 5.02. The summed E-state index contributed by atoms with van der Waals surface area (Å²) in [7, 11) is 0. The smallest absolute Gasteiger partial charge is 0.322 e.